The lowest BCUT2D eigenvalue weighted by molar-refractivity contribution is -0.157. The Morgan fingerprint density at radius 3 is 2.34 bits per heavy atom. The minimum Gasteiger partial charge on any atom is -0.495 e. The third kappa shape index (κ3) is 11.2. The molecule has 14 heteroatoms. The number of esters is 1. The average molecular weight is 751 g/mol. The van der Waals surface area contributed by atoms with E-state index in [1.165, 1.54) is 13.2 Å². The maximum Gasteiger partial charge on any atom is 0.328 e. The molecular weight excluding hydrogens is 700 g/mol. The number of benzene rings is 2. The lowest BCUT2D eigenvalue weighted by atomic mass is 9.82. The lowest BCUT2D eigenvalue weighted by Crippen LogP contribution is -2.58. The number of halogens is 1. The Bertz CT molecular complexity index is 1730. The Morgan fingerprint density at radius 2 is 1.72 bits per heavy atom. The van der Waals surface area contributed by atoms with E-state index in [2.05, 4.69) is 26.0 Å². The number of ether oxygens (including phenoxy) is 3. The molecule has 0 radical (unpaired) electrons. The predicted molar refractivity (Wildman–Crippen MR) is 201 cm³/mol. The Morgan fingerprint density at radius 1 is 1.04 bits per heavy atom. The standard InChI is InChI=1S/C39H51ClN6O7/c1-22(33-34(53-33)26-15-12-24(13-16-26)21-42-46-41)30-10-9-11-32(47)44-28(19-25-14-17-31(51-8)27(40)18-25)35(48)43-23(2)39(6,7)37(50)45-29(36(49)52-30)20-38(3,4)5/h9,11-18,22-23,28-30,33-34H,10,19-21H2,1-8H3,(H,43,48)(H,44,47)(H,45,50)/b11-9-/t22-,23?,28+,29-,30-,33+,34+/m0/s1. The van der Waals surface area contributed by atoms with Crippen molar-refractivity contribution in [2.24, 2.45) is 21.9 Å². The third-order valence-corrected chi connectivity index (χ3v) is 10.2. The summed E-state index contributed by atoms with van der Waals surface area (Å²) in [5.74, 6) is -1.88. The van der Waals surface area contributed by atoms with Crippen LogP contribution in [-0.4, -0.2) is 61.1 Å². The molecule has 2 aliphatic rings. The summed E-state index contributed by atoms with van der Waals surface area (Å²) >= 11 is 6.36. The summed E-state index contributed by atoms with van der Waals surface area (Å²) in [6.07, 6.45) is 2.27. The molecule has 13 nitrogen and oxygen atoms in total. The SMILES string of the molecule is COc1ccc(C[C@H]2NC(=O)/C=C\C[C@@H]([C@H](C)[C@H]3O[C@@H]3c3ccc(CN=[N+]=[N-])cc3)OC(=O)[C@H](CC(C)(C)C)NC(=O)C(C)(C)C(C)NC2=O)cc1Cl. The highest BCUT2D eigenvalue weighted by Gasteiger charge is 2.48. The van der Waals surface area contributed by atoms with Gasteiger partial charge in [0.25, 0.3) is 0 Å². The number of hydrogen-bond donors (Lipinski definition) is 3. The lowest BCUT2D eigenvalue weighted by Gasteiger charge is -2.35. The second-order valence-electron chi connectivity index (χ2n) is 15.6. The maximum atomic E-state index is 14.0. The molecule has 53 heavy (non-hydrogen) atoms. The number of nitrogens with zero attached hydrogens (tertiary/aromatic N) is 3. The number of cyclic esters (lactones) is 1. The van der Waals surface area contributed by atoms with E-state index in [-0.39, 0.29) is 42.9 Å². The van der Waals surface area contributed by atoms with Crippen LogP contribution in [0.1, 0.15) is 84.1 Å². The highest BCUT2D eigenvalue weighted by atomic mass is 35.5. The van der Waals surface area contributed by atoms with Crippen LogP contribution in [0.25, 0.3) is 10.4 Å². The number of hydrogen-bond acceptors (Lipinski definition) is 8. The fraction of sp³-hybridized carbons (Fsp3) is 0.538. The molecule has 0 aromatic heterocycles. The molecular formula is C39H51ClN6O7. The summed E-state index contributed by atoms with van der Waals surface area (Å²) < 4.78 is 17.5. The molecule has 0 aliphatic carbocycles. The van der Waals surface area contributed by atoms with Crippen LogP contribution in [0, 0.1) is 16.7 Å². The van der Waals surface area contributed by atoms with Crippen molar-refractivity contribution in [1.29, 1.82) is 0 Å². The number of rotatable bonds is 9. The smallest absolute Gasteiger partial charge is 0.328 e. The highest BCUT2D eigenvalue weighted by molar-refractivity contribution is 6.32. The molecule has 3 N–H and O–H groups in total. The van der Waals surface area contributed by atoms with Gasteiger partial charge in [-0.15, -0.1) is 0 Å². The summed E-state index contributed by atoms with van der Waals surface area (Å²) in [5.41, 5.74) is 9.59. The Kier molecular flexibility index (Phi) is 13.6. The van der Waals surface area contributed by atoms with Gasteiger partial charge in [0, 0.05) is 29.7 Å². The first-order valence-electron chi connectivity index (χ1n) is 17.8. The first-order chi connectivity index (χ1) is 24.9. The monoisotopic (exact) mass is 750 g/mol. The van der Waals surface area contributed by atoms with Crippen molar-refractivity contribution in [1.82, 2.24) is 16.0 Å². The normalized spacial score (nSPS) is 26.5. The van der Waals surface area contributed by atoms with Crippen molar-refractivity contribution in [3.05, 3.63) is 86.8 Å². The number of nitrogens with one attached hydrogen (secondary N) is 3. The molecule has 7 atom stereocenters. The van der Waals surface area contributed by atoms with Gasteiger partial charge >= 0.3 is 5.97 Å². The number of amides is 3. The maximum absolute atomic E-state index is 14.0. The van der Waals surface area contributed by atoms with Gasteiger partial charge in [0.15, 0.2) is 0 Å². The van der Waals surface area contributed by atoms with E-state index in [0.717, 1.165) is 11.1 Å². The van der Waals surface area contributed by atoms with Crippen molar-refractivity contribution in [2.75, 3.05) is 7.11 Å². The summed E-state index contributed by atoms with van der Waals surface area (Å²) in [5, 5.41) is 12.6. The fourth-order valence-corrected chi connectivity index (χ4v) is 6.46. The molecule has 286 valence electrons. The topological polar surface area (TPSA) is 184 Å². The minimum atomic E-state index is -1.17. The van der Waals surface area contributed by atoms with Gasteiger partial charge < -0.3 is 30.2 Å². The van der Waals surface area contributed by atoms with Crippen LogP contribution in [0.2, 0.25) is 5.02 Å². The number of methoxy groups -OCH3 is 1. The first-order valence-corrected chi connectivity index (χ1v) is 18.2. The van der Waals surface area contributed by atoms with Gasteiger partial charge in [-0.3, -0.25) is 14.4 Å². The molecule has 0 bridgehead atoms. The van der Waals surface area contributed by atoms with Gasteiger partial charge in [-0.2, -0.15) is 0 Å². The molecule has 1 saturated heterocycles. The van der Waals surface area contributed by atoms with Gasteiger partial charge in [0.2, 0.25) is 17.7 Å². The minimum absolute atomic E-state index is 0.117. The zero-order valence-corrected chi connectivity index (χ0v) is 32.4. The molecule has 1 unspecified atom stereocenters. The molecule has 2 aromatic carbocycles. The molecule has 2 aliphatic heterocycles. The van der Waals surface area contributed by atoms with Crippen LogP contribution < -0.4 is 20.7 Å². The fourth-order valence-electron chi connectivity index (χ4n) is 6.18. The zero-order valence-electron chi connectivity index (χ0n) is 31.6. The molecule has 3 amide bonds. The summed E-state index contributed by atoms with van der Waals surface area (Å²) in [6, 6.07) is 10.0. The first kappa shape index (κ1) is 41.2. The Balaban J connectivity index is 1.64. The van der Waals surface area contributed by atoms with Crippen molar-refractivity contribution in [2.45, 2.75) is 111 Å². The van der Waals surface area contributed by atoms with Crippen LogP contribution in [0.15, 0.2) is 59.7 Å². The predicted octanol–water partition coefficient (Wildman–Crippen LogP) is 6.29. The van der Waals surface area contributed by atoms with Gasteiger partial charge in [-0.25, -0.2) is 4.79 Å². The Labute approximate surface area is 316 Å². The van der Waals surface area contributed by atoms with E-state index in [1.54, 1.807) is 45.0 Å². The second kappa shape index (κ2) is 17.5. The van der Waals surface area contributed by atoms with Crippen LogP contribution in [0.3, 0.4) is 0 Å². The van der Waals surface area contributed by atoms with Crippen molar-refractivity contribution in [3.63, 3.8) is 0 Å². The molecule has 2 aromatic rings. The van der Waals surface area contributed by atoms with Gasteiger partial charge in [0.1, 0.15) is 30.0 Å². The van der Waals surface area contributed by atoms with Crippen molar-refractivity contribution >= 4 is 35.3 Å². The van der Waals surface area contributed by atoms with E-state index >= 15 is 0 Å². The van der Waals surface area contributed by atoms with E-state index in [0.29, 0.717) is 22.8 Å². The van der Waals surface area contributed by atoms with Crippen LogP contribution in [0.4, 0.5) is 0 Å². The van der Waals surface area contributed by atoms with E-state index < -0.39 is 53.3 Å². The van der Waals surface area contributed by atoms with E-state index in [9.17, 15) is 19.2 Å². The van der Waals surface area contributed by atoms with Crippen LogP contribution in [-0.2, 0) is 41.6 Å². The number of carbonyl (C=O) groups is 4. The van der Waals surface area contributed by atoms with Gasteiger partial charge in [0.05, 0.1) is 30.2 Å². The molecule has 0 spiro atoms. The zero-order chi connectivity index (χ0) is 39.1. The third-order valence-electron chi connectivity index (χ3n) is 9.88. The number of azide groups is 1. The van der Waals surface area contributed by atoms with Crippen molar-refractivity contribution in [3.8, 4) is 5.75 Å². The summed E-state index contributed by atoms with van der Waals surface area (Å²) in [4.78, 5) is 57.8. The van der Waals surface area contributed by atoms with Crippen LogP contribution >= 0.6 is 11.6 Å². The number of epoxide rings is 1. The van der Waals surface area contributed by atoms with E-state index in [4.69, 9.17) is 31.3 Å². The van der Waals surface area contributed by atoms with Gasteiger partial charge in [-0.1, -0.05) is 80.8 Å². The molecule has 0 saturated carbocycles. The largest absolute Gasteiger partial charge is 0.495 e. The number of carbonyl (C=O) groups excluding carboxylic acids is 4. The van der Waals surface area contributed by atoms with Crippen molar-refractivity contribution < 1.29 is 33.4 Å². The quantitative estimate of drug-likeness (QED) is 0.0885. The molecule has 2 heterocycles. The van der Waals surface area contributed by atoms with Crippen LogP contribution in [0.5, 0.6) is 5.75 Å². The second-order valence-corrected chi connectivity index (χ2v) is 16.0. The van der Waals surface area contributed by atoms with E-state index in [1.807, 2.05) is 52.0 Å². The summed E-state index contributed by atoms with van der Waals surface area (Å²) in [6.45, 7) is 13.2. The Hall–Kier alpha value is -4.58. The highest BCUT2D eigenvalue weighted by Crippen LogP contribution is 2.45. The van der Waals surface area contributed by atoms with Gasteiger partial charge in [-0.05, 0) is 73.0 Å². The summed E-state index contributed by atoms with van der Waals surface area (Å²) in [7, 11) is 1.50. The average Bonchev–Trinajstić information content (AvgIpc) is 3.89. The molecule has 4 rings (SSSR count). The molecule has 1 fully saturated rings.